The zero-order valence-electron chi connectivity index (χ0n) is 8.89. The van der Waals surface area contributed by atoms with Crippen molar-refractivity contribution in [1.29, 1.82) is 0 Å². The summed E-state index contributed by atoms with van der Waals surface area (Å²) >= 11 is 0. The van der Waals surface area contributed by atoms with Crippen LogP contribution >= 0.6 is 0 Å². The quantitative estimate of drug-likeness (QED) is 0.748. The zero-order chi connectivity index (χ0) is 12.3. The van der Waals surface area contributed by atoms with Gasteiger partial charge in [0, 0.05) is 0 Å². The second-order valence-electron chi connectivity index (χ2n) is 3.46. The lowest BCUT2D eigenvalue weighted by Crippen LogP contribution is -2.20. The van der Waals surface area contributed by atoms with Gasteiger partial charge in [0.05, 0.1) is 5.56 Å². The number of ketones is 1. The molecule has 0 heterocycles. The Morgan fingerprint density at radius 3 is 2.50 bits per heavy atom. The molecule has 2 nitrogen and oxygen atoms in total. The molecule has 0 radical (unpaired) electrons. The monoisotopic (exact) mass is 232 g/mol. The molecule has 0 amide bonds. The van der Waals surface area contributed by atoms with E-state index in [1.165, 1.54) is 19.1 Å². The second-order valence-corrected chi connectivity index (χ2v) is 3.46. The summed E-state index contributed by atoms with van der Waals surface area (Å²) < 4.78 is 40.4. The minimum absolute atomic E-state index is 0.0320. The average Bonchev–Trinajstić information content (AvgIpc) is 2.14. The fraction of sp³-hybridized carbons (Fsp3) is 0.364. The van der Waals surface area contributed by atoms with Crippen molar-refractivity contribution in [2.75, 3.05) is 6.61 Å². The molecular formula is C11H11F3O2. The third-order valence-electron chi connectivity index (χ3n) is 1.91. The number of Topliss-reactive ketones (excluding diaryl/α,β-unsaturated/α-hetero) is 1. The number of hydrogen-bond donors (Lipinski definition) is 0. The van der Waals surface area contributed by atoms with Crippen molar-refractivity contribution < 1.29 is 22.7 Å². The van der Waals surface area contributed by atoms with Gasteiger partial charge >= 0.3 is 6.18 Å². The largest absolute Gasteiger partial charge is 0.483 e. The van der Waals surface area contributed by atoms with E-state index in [-0.39, 0.29) is 17.1 Å². The predicted octanol–water partition coefficient (Wildman–Crippen LogP) is 3.14. The van der Waals surface area contributed by atoms with E-state index in [0.717, 1.165) is 5.56 Å². The van der Waals surface area contributed by atoms with Crippen LogP contribution in [0.25, 0.3) is 0 Å². The third kappa shape index (κ3) is 3.56. The Bertz CT molecular complexity index is 397. The summed E-state index contributed by atoms with van der Waals surface area (Å²) in [5.74, 6) is -0.351. The zero-order valence-corrected chi connectivity index (χ0v) is 8.89. The highest BCUT2D eigenvalue weighted by Crippen LogP contribution is 2.23. The highest BCUT2D eigenvalue weighted by molar-refractivity contribution is 5.97. The number of aryl methyl sites for hydroxylation is 1. The summed E-state index contributed by atoms with van der Waals surface area (Å²) in [6, 6.07) is 4.48. The van der Waals surface area contributed by atoms with Gasteiger partial charge in [-0.3, -0.25) is 4.79 Å². The van der Waals surface area contributed by atoms with Crippen LogP contribution in [0.4, 0.5) is 13.2 Å². The summed E-state index contributed by atoms with van der Waals surface area (Å²) in [6.45, 7) is 1.64. The molecule has 0 N–H and O–H groups in total. The van der Waals surface area contributed by atoms with Crippen LogP contribution in [0.1, 0.15) is 22.8 Å². The van der Waals surface area contributed by atoms with Crippen molar-refractivity contribution in [3.05, 3.63) is 29.3 Å². The summed E-state index contributed by atoms with van der Waals surface area (Å²) in [7, 11) is 0. The molecule has 0 unspecified atom stereocenters. The molecule has 88 valence electrons. The normalized spacial score (nSPS) is 11.3. The molecule has 16 heavy (non-hydrogen) atoms. The smallest absolute Gasteiger partial charge is 0.422 e. The number of carbonyl (C=O) groups excluding carboxylic acids is 1. The van der Waals surface area contributed by atoms with E-state index in [0.29, 0.717) is 0 Å². The molecule has 0 fully saturated rings. The highest BCUT2D eigenvalue weighted by Gasteiger charge is 2.29. The van der Waals surface area contributed by atoms with Crippen molar-refractivity contribution >= 4 is 5.78 Å². The second kappa shape index (κ2) is 4.55. The van der Waals surface area contributed by atoms with Gasteiger partial charge in [0.2, 0.25) is 0 Å². The molecule has 1 aromatic rings. The van der Waals surface area contributed by atoms with Gasteiger partial charge in [-0.2, -0.15) is 13.2 Å². The van der Waals surface area contributed by atoms with E-state index in [9.17, 15) is 18.0 Å². The molecule has 0 aliphatic heterocycles. The topological polar surface area (TPSA) is 26.3 Å². The highest BCUT2D eigenvalue weighted by atomic mass is 19.4. The first-order chi connectivity index (χ1) is 7.29. The van der Waals surface area contributed by atoms with Gasteiger partial charge in [0.15, 0.2) is 12.4 Å². The van der Waals surface area contributed by atoms with Crippen LogP contribution in [-0.2, 0) is 0 Å². The van der Waals surface area contributed by atoms with Gasteiger partial charge in [0.25, 0.3) is 0 Å². The first kappa shape index (κ1) is 12.5. The number of carbonyl (C=O) groups is 1. The third-order valence-corrected chi connectivity index (χ3v) is 1.91. The average molecular weight is 232 g/mol. The van der Waals surface area contributed by atoms with Crippen LogP contribution in [0, 0.1) is 6.92 Å². The van der Waals surface area contributed by atoms with Crippen molar-refractivity contribution in [3.8, 4) is 5.75 Å². The number of benzene rings is 1. The van der Waals surface area contributed by atoms with Crippen LogP contribution in [-0.4, -0.2) is 18.6 Å². The number of alkyl halides is 3. The molecule has 0 spiro atoms. The Morgan fingerprint density at radius 2 is 2.00 bits per heavy atom. The van der Waals surface area contributed by atoms with E-state index in [1.807, 2.05) is 0 Å². The van der Waals surface area contributed by atoms with Crippen molar-refractivity contribution in [2.24, 2.45) is 0 Å². The van der Waals surface area contributed by atoms with E-state index in [1.54, 1.807) is 13.0 Å². The maximum atomic E-state index is 11.9. The van der Waals surface area contributed by atoms with Crippen LogP contribution in [0.2, 0.25) is 0 Å². The number of halogens is 3. The van der Waals surface area contributed by atoms with E-state index in [2.05, 4.69) is 4.74 Å². The van der Waals surface area contributed by atoms with Crippen LogP contribution in [0.5, 0.6) is 5.75 Å². The first-order valence-electron chi connectivity index (χ1n) is 4.61. The number of rotatable bonds is 3. The first-order valence-corrected chi connectivity index (χ1v) is 4.61. The minimum Gasteiger partial charge on any atom is -0.483 e. The molecule has 0 aliphatic carbocycles. The minimum atomic E-state index is -4.40. The number of ether oxygens (including phenoxy) is 1. The van der Waals surface area contributed by atoms with E-state index < -0.39 is 12.8 Å². The SMILES string of the molecule is CC(=O)c1cc(C)ccc1OCC(F)(F)F. The fourth-order valence-electron chi connectivity index (χ4n) is 1.20. The molecule has 5 heteroatoms. The molecular weight excluding hydrogens is 221 g/mol. The lowest BCUT2D eigenvalue weighted by Gasteiger charge is -2.12. The Hall–Kier alpha value is -1.52. The molecule has 1 aromatic carbocycles. The Labute approximate surface area is 91.0 Å². The molecule has 1 rings (SSSR count). The Balaban J connectivity index is 2.91. The van der Waals surface area contributed by atoms with Crippen LogP contribution in [0.3, 0.4) is 0 Å². The fourth-order valence-corrected chi connectivity index (χ4v) is 1.20. The molecule has 0 aromatic heterocycles. The summed E-state index contributed by atoms with van der Waals surface area (Å²) in [5.41, 5.74) is 0.966. The molecule has 0 aliphatic rings. The van der Waals surface area contributed by atoms with Crippen molar-refractivity contribution in [1.82, 2.24) is 0 Å². The number of hydrogen-bond acceptors (Lipinski definition) is 2. The van der Waals surface area contributed by atoms with Crippen molar-refractivity contribution in [3.63, 3.8) is 0 Å². The van der Waals surface area contributed by atoms with Gasteiger partial charge in [-0.05, 0) is 26.0 Å². The molecule has 0 bridgehead atoms. The van der Waals surface area contributed by atoms with Gasteiger partial charge in [0.1, 0.15) is 5.75 Å². The molecule has 0 atom stereocenters. The maximum absolute atomic E-state index is 11.9. The lowest BCUT2D eigenvalue weighted by atomic mass is 10.1. The van der Waals surface area contributed by atoms with Gasteiger partial charge in [-0.15, -0.1) is 0 Å². The molecule has 0 saturated heterocycles. The maximum Gasteiger partial charge on any atom is 0.422 e. The standard InChI is InChI=1S/C11H11F3O2/c1-7-3-4-10(9(5-7)8(2)15)16-6-11(12,13)14/h3-5H,6H2,1-2H3. The van der Waals surface area contributed by atoms with Crippen LogP contribution in [0.15, 0.2) is 18.2 Å². The summed E-state index contributed by atoms with van der Waals surface area (Å²) in [4.78, 5) is 11.2. The lowest BCUT2D eigenvalue weighted by molar-refractivity contribution is -0.153. The Morgan fingerprint density at radius 1 is 1.38 bits per heavy atom. The molecule has 0 saturated carbocycles. The Kier molecular flexibility index (Phi) is 3.57. The van der Waals surface area contributed by atoms with E-state index >= 15 is 0 Å². The van der Waals surface area contributed by atoms with Gasteiger partial charge in [-0.1, -0.05) is 11.6 Å². The summed E-state index contributed by atoms with van der Waals surface area (Å²) in [5, 5.41) is 0. The van der Waals surface area contributed by atoms with E-state index in [4.69, 9.17) is 0 Å². The van der Waals surface area contributed by atoms with Crippen molar-refractivity contribution in [2.45, 2.75) is 20.0 Å². The summed E-state index contributed by atoms with van der Waals surface area (Å²) in [6.07, 6.45) is -4.40. The van der Waals surface area contributed by atoms with Crippen LogP contribution < -0.4 is 4.74 Å². The predicted molar refractivity (Wildman–Crippen MR) is 52.7 cm³/mol. The van der Waals surface area contributed by atoms with Gasteiger partial charge < -0.3 is 4.74 Å². The van der Waals surface area contributed by atoms with Gasteiger partial charge in [-0.25, -0.2) is 0 Å².